The van der Waals surface area contributed by atoms with E-state index < -0.39 is 178 Å². The molecule has 0 spiro atoms. The van der Waals surface area contributed by atoms with Gasteiger partial charge < -0.3 is 82.3 Å². The zero-order chi connectivity index (χ0) is 99.5. The Labute approximate surface area is 839 Å². The normalized spacial score (nSPS) is 34.1. The van der Waals surface area contributed by atoms with E-state index in [4.69, 9.17) is 48.1 Å². The van der Waals surface area contributed by atoms with Gasteiger partial charge in [0, 0.05) is 91.2 Å². The Balaban J connectivity index is 0.000000176. The van der Waals surface area contributed by atoms with Gasteiger partial charge in [0.1, 0.15) is 71.1 Å². The van der Waals surface area contributed by atoms with Crippen molar-refractivity contribution in [3.8, 4) is 34.9 Å². The van der Waals surface area contributed by atoms with E-state index in [-0.39, 0.29) is 164 Å². The number of amides is 5. The van der Waals surface area contributed by atoms with Crippen molar-refractivity contribution in [1.82, 2.24) is 55.2 Å². The predicted molar refractivity (Wildman–Crippen MR) is 484 cm³/mol. The van der Waals surface area contributed by atoms with Gasteiger partial charge in [-0.15, -0.1) is 0 Å². The number of alkyl carbamates (subject to hydrolysis) is 2. The molecule has 6 aliphatic heterocycles. The third-order valence-corrected chi connectivity index (χ3v) is 30.5. The van der Waals surface area contributed by atoms with E-state index in [0.717, 1.165) is 25.7 Å². The molecule has 2 N–H and O–H groups in total. The van der Waals surface area contributed by atoms with E-state index >= 15 is 17.6 Å². The molecular weight excluding hydrogens is 1880 g/mol. The molecule has 29 nitrogen and oxygen atoms in total. The van der Waals surface area contributed by atoms with Gasteiger partial charge in [-0.2, -0.15) is 17.6 Å². The summed E-state index contributed by atoms with van der Waals surface area (Å²) in [6.45, 7) is 23.6. The molecule has 24 atom stereocenters. The molecule has 18 rings (SSSR count). The van der Waals surface area contributed by atoms with E-state index in [9.17, 15) is 43.2 Å². The van der Waals surface area contributed by atoms with Crippen LogP contribution in [-0.2, 0) is 122 Å². The molecule has 6 aromatic rings. The number of carbonyl (C=O) groups is 6. The minimum Gasteiger partial charge on any atom is -0.540 e. The van der Waals surface area contributed by atoms with Crippen molar-refractivity contribution in [3.63, 3.8) is 0 Å². The summed E-state index contributed by atoms with van der Waals surface area (Å²) in [5.74, 6) is -11.6. The number of nitrogens with one attached hydrogen (secondary N) is 2. The number of alkyl halides is 4. The van der Waals surface area contributed by atoms with Crippen LogP contribution in [0.5, 0.6) is 34.9 Å². The van der Waals surface area contributed by atoms with Crippen LogP contribution in [0.25, 0.3) is 33.1 Å². The first-order valence-electron chi connectivity index (χ1n) is 49.7. The average Bonchev–Trinajstić information content (AvgIpc) is 1.69. The maximum Gasteiger partial charge on any atom is 0.408 e. The van der Waals surface area contributed by atoms with Crippen molar-refractivity contribution in [2.24, 2.45) is 93.2 Å². The second kappa shape index (κ2) is 41.9. The molecule has 12 aliphatic rings. The number of ether oxygens (including phenoxy) is 9. The summed E-state index contributed by atoms with van der Waals surface area (Å²) in [4.78, 5) is 151. The fourth-order valence-corrected chi connectivity index (χ4v) is 22.1. The van der Waals surface area contributed by atoms with Gasteiger partial charge >= 0.3 is 18.2 Å². The van der Waals surface area contributed by atoms with Crippen LogP contribution in [0.1, 0.15) is 235 Å². The fraction of sp³-hybridized carbons (Fsp3) is 0.673. The Kier molecular flexibility index (Phi) is 30.6. The van der Waals surface area contributed by atoms with Crippen LogP contribution in [0.15, 0.2) is 54.6 Å². The predicted octanol–water partition coefficient (Wildman–Crippen LogP) is 15.8. The third-order valence-electron chi connectivity index (χ3n) is 30.5. The van der Waals surface area contributed by atoms with E-state index in [1.165, 1.54) is 36.0 Å². The molecule has 9 heterocycles. The first-order valence-corrected chi connectivity index (χ1v) is 47.7. The number of rotatable bonds is 8. The van der Waals surface area contributed by atoms with Crippen molar-refractivity contribution >= 4 is 87.8 Å². The van der Waals surface area contributed by atoms with Crippen molar-refractivity contribution in [3.05, 3.63) is 71.7 Å². The molecule has 741 valence electrons. The summed E-state index contributed by atoms with van der Waals surface area (Å²) in [6, 6.07) is 9.53. The van der Waals surface area contributed by atoms with Gasteiger partial charge in [-0.1, -0.05) is 127 Å². The molecular formula is C101H128F4N11O18V3-3. The van der Waals surface area contributed by atoms with E-state index in [1.54, 1.807) is 61.5 Å². The molecule has 3 saturated heterocycles. The quantitative estimate of drug-likeness (QED) is 0.0618. The molecule has 6 saturated carbocycles. The van der Waals surface area contributed by atoms with E-state index in [2.05, 4.69) is 40.5 Å². The number of carbonyl (C=O) groups excluding carboxylic acids is 9. The maximum atomic E-state index is 16.5. The Morgan fingerprint density at radius 3 is 1.44 bits per heavy atom. The Morgan fingerprint density at radius 2 is 0.949 bits per heavy atom. The standard InChI is InChI=1S/C35H43F2N4O6.C35H45F2N4O6.C31H40N3O6.3V/c1-6-20-26(16-42)41-15-28(20)46-31-29(38-24-10-8-19(45-5)14-25(24)39-31)35(36,37)23-12-17(23)7-9-21-22-11-18(22)13-27(21)47-33(44)40-30(32(41)43)34(2,3)4;1-7-22-26(18-42)41-17-27(22)46-30-28(38-24-13-12-21(45-6)16-25(24)39-30)35(36,37)23-15-19(23)10-11-20-9-8-14-34(20,5)47-32(44)40-29(31(41)43)33(2,3)4;1-18-25(17-35)34-16-27(18)40-29-23(32-22-12-11-20(38-5)14-24(22)33-29)10-8-6-7-9-19-13-26(19)39-28(36)15-21(30(34)37)31(2,3)4;;;/h8,10,14,17-18,20-23,26-28,30H,6-7,9,11-13,15H2,1-5H3,(H,40,44);12-13,16,19-20,22-23,26-27,29H,7-11,14-15,17H2,1-6H3,(H,40,44);11-12,14,18-19,21,25-27H,6-10,13,15-16H2,1-5H3;;;/q3*-1;;;/t17?,18?,20-,21+,22?,23?,26+,27+,28-,30+;19?,20-,22-,23?,26+,27-,29+,34+;18-,19+,21+,25+,26+,27-;;;/m000.../s1/i;;8D2,10D2;;;. The van der Waals surface area contributed by atoms with Crippen LogP contribution in [0, 0.1) is 93.2 Å². The number of benzene rings is 3. The monoisotopic (exact) mass is 2020 g/mol. The molecule has 3 radical (unpaired) electrons. The van der Waals surface area contributed by atoms with Crippen molar-refractivity contribution in [1.29, 1.82) is 0 Å². The SMILES string of the molecule is CC[C@@H]1[C@@H]2CN(C(=O)[C@H](C(C)(C)C)NC(=O)O[C@@H]3CC4CC4[C@H]3CCC3CC3C(F)(F)c3nc4ccc(OC)cc4nc3O2)[C@@H]1[C-]=O.CC[C@@H]1[C@@H]2CN(C(=O)[C@H](C(C)(C)C)NC(=O)O[C@]3(C)CCC[C@H]3CCC3CC3C(F)(F)c3nc4ccc(OC)cc4nc3O2)[C@@H]1[C-]=O.[2H]C1([2H])CCC[C@@H]2C[C@H]2OC(=O)C[C@@H](C(C)(C)C)C(=O)N2C[C@H](Oc3nc4cc(OC)ccc4nc3C1([2H])[2H])[C@@H](C)[C@H]2[C-]=O.[V].[V].[V]. The van der Waals surface area contributed by atoms with Gasteiger partial charge in [0.05, 0.1) is 86.4 Å². The van der Waals surface area contributed by atoms with Gasteiger partial charge in [-0.25, -0.2) is 58.4 Å². The number of esters is 1. The summed E-state index contributed by atoms with van der Waals surface area (Å²) in [5.41, 5.74) is -2.35. The van der Waals surface area contributed by atoms with Gasteiger partial charge in [0.15, 0.2) is 11.4 Å². The molecule has 9 fully saturated rings. The van der Waals surface area contributed by atoms with Crippen LogP contribution in [-0.4, -0.2) is 207 Å². The Morgan fingerprint density at radius 1 is 0.482 bits per heavy atom. The molecule has 3 aromatic heterocycles. The van der Waals surface area contributed by atoms with Crippen LogP contribution in [0.3, 0.4) is 0 Å². The Hall–Kier alpha value is -8.62. The van der Waals surface area contributed by atoms with Gasteiger partial charge in [0.25, 0.3) is 11.8 Å². The number of halogens is 4. The van der Waals surface area contributed by atoms with Crippen molar-refractivity contribution in [2.45, 2.75) is 297 Å². The minimum absolute atomic E-state index is 0. The van der Waals surface area contributed by atoms with Gasteiger partial charge in [0.2, 0.25) is 35.4 Å². The summed E-state index contributed by atoms with van der Waals surface area (Å²) in [6.07, 6.45) is 5.89. The zero-order valence-electron chi connectivity index (χ0n) is 84.6. The molecule has 5 amide bonds. The second-order valence-corrected chi connectivity index (χ2v) is 42.5. The van der Waals surface area contributed by atoms with Crippen LogP contribution in [0.2, 0.25) is 0 Å². The summed E-state index contributed by atoms with van der Waals surface area (Å²) in [5, 5.41) is 5.66. The first kappa shape index (κ1) is 99.9. The topological polar surface area (TPSA) is 348 Å². The van der Waals surface area contributed by atoms with E-state index in [0.29, 0.717) is 128 Å². The molecule has 6 aliphatic carbocycles. The van der Waals surface area contributed by atoms with Gasteiger partial charge in [-0.05, 0) is 215 Å². The van der Waals surface area contributed by atoms with Crippen LogP contribution < -0.4 is 39.1 Å². The number of fused-ring (bicyclic) bond motifs is 19. The number of hydrogen-bond acceptors (Lipinski definition) is 24. The molecule has 137 heavy (non-hydrogen) atoms. The molecule has 6 unspecified atom stereocenters. The largest absolute Gasteiger partial charge is 0.540 e. The third kappa shape index (κ3) is 22.2. The van der Waals surface area contributed by atoms with Gasteiger partial charge in [-0.3, -0.25) is 19.2 Å². The molecule has 6 bridgehead atoms. The van der Waals surface area contributed by atoms with Crippen molar-refractivity contribution < 1.29 is 164 Å². The summed E-state index contributed by atoms with van der Waals surface area (Å²) in [7, 11) is 4.51. The van der Waals surface area contributed by atoms with Crippen LogP contribution in [0.4, 0.5) is 27.2 Å². The van der Waals surface area contributed by atoms with Crippen LogP contribution >= 0.6 is 0 Å². The van der Waals surface area contributed by atoms with E-state index in [1.807, 2.05) is 102 Å². The second-order valence-electron chi connectivity index (χ2n) is 42.5. The summed E-state index contributed by atoms with van der Waals surface area (Å²) < 4.78 is 154. The average molecular weight is 2020 g/mol. The van der Waals surface area contributed by atoms with Crippen molar-refractivity contribution in [2.75, 3.05) is 41.0 Å². The smallest absolute Gasteiger partial charge is 0.408 e. The number of nitrogens with zero attached hydrogens (tertiary/aromatic N) is 9. The number of hydrogen-bond donors (Lipinski definition) is 2. The zero-order valence-corrected chi connectivity index (χ0v) is 84.7. The fourth-order valence-electron chi connectivity index (χ4n) is 22.1. The minimum atomic E-state index is -3.34. The molecule has 36 heteroatoms. The molecule has 3 aromatic carbocycles. The number of methoxy groups -OCH3 is 3. The number of aromatic nitrogens is 6. The first-order chi connectivity index (χ1) is 65.1. The summed E-state index contributed by atoms with van der Waals surface area (Å²) >= 11 is 0. The Bertz CT molecular complexity index is 5550. The number of aryl methyl sites for hydroxylation is 1. The maximum absolute atomic E-state index is 16.5.